The molecule has 0 radical (unpaired) electrons. The Kier molecular flexibility index (Phi) is 2.73. The van der Waals surface area contributed by atoms with Crippen LogP contribution >= 0.6 is 0 Å². The molecular formula is C7H10F3NO3. The lowest BCUT2D eigenvalue weighted by Crippen LogP contribution is -2.64. The molecule has 1 fully saturated rings. The predicted molar refractivity (Wildman–Crippen MR) is 39.5 cm³/mol. The first-order valence-corrected chi connectivity index (χ1v) is 3.97. The Hall–Kier alpha value is -0.820. The van der Waals surface area contributed by atoms with E-state index < -0.39 is 23.6 Å². The summed E-state index contributed by atoms with van der Waals surface area (Å²) in [5.74, 6) is -3.26. The summed E-state index contributed by atoms with van der Waals surface area (Å²) in [7, 11) is 0. The molecule has 0 saturated carbocycles. The minimum Gasteiger partial charge on any atom is -0.480 e. The van der Waals surface area contributed by atoms with E-state index >= 15 is 0 Å². The van der Waals surface area contributed by atoms with E-state index in [1.54, 1.807) is 0 Å². The van der Waals surface area contributed by atoms with Crippen LogP contribution in [0.4, 0.5) is 13.2 Å². The molecule has 7 heteroatoms. The van der Waals surface area contributed by atoms with Crippen molar-refractivity contribution in [2.75, 3.05) is 13.2 Å². The van der Waals surface area contributed by atoms with E-state index in [0.29, 0.717) is 0 Å². The third kappa shape index (κ3) is 1.57. The van der Waals surface area contributed by atoms with Crippen molar-refractivity contribution in [1.29, 1.82) is 0 Å². The highest BCUT2D eigenvalue weighted by Gasteiger charge is 2.63. The molecule has 0 bridgehead atoms. The molecule has 4 nitrogen and oxygen atoms in total. The van der Waals surface area contributed by atoms with Gasteiger partial charge in [0, 0.05) is 12.5 Å². The number of ether oxygens (including phenoxy) is 1. The van der Waals surface area contributed by atoms with Gasteiger partial charge in [-0.3, -0.25) is 0 Å². The maximum atomic E-state index is 12.4. The van der Waals surface area contributed by atoms with Crippen LogP contribution < -0.4 is 5.73 Å². The minimum atomic E-state index is -4.96. The lowest BCUT2D eigenvalue weighted by Gasteiger charge is -2.31. The van der Waals surface area contributed by atoms with E-state index in [2.05, 4.69) is 0 Å². The number of halogens is 3. The zero-order valence-electron chi connectivity index (χ0n) is 7.17. The molecule has 0 aromatic carbocycles. The number of carbonyl (C=O) groups is 1. The molecule has 0 aliphatic carbocycles. The third-order valence-electron chi connectivity index (χ3n) is 2.40. The number of carboxylic acids is 1. The van der Waals surface area contributed by atoms with E-state index in [1.165, 1.54) is 0 Å². The Morgan fingerprint density at radius 3 is 2.36 bits per heavy atom. The Morgan fingerprint density at radius 1 is 1.50 bits per heavy atom. The standard InChI is InChI=1S/C7H10F3NO3/c8-7(9,10)6(11,5(12)13)4-1-2-14-3-4/h4H,1-3,11H2,(H,12,13). The summed E-state index contributed by atoms with van der Waals surface area (Å²) in [5, 5.41) is 8.53. The first-order chi connectivity index (χ1) is 6.30. The lowest BCUT2D eigenvalue weighted by atomic mass is 9.83. The van der Waals surface area contributed by atoms with E-state index in [0.717, 1.165) is 0 Å². The molecule has 1 aliphatic heterocycles. The number of aliphatic carboxylic acids is 1. The van der Waals surface area contributed by atoms with Crippen molar-refractivity contribution in [3.8, 4) is 0 Å². The van der Waals surface area contributed by atoms with Gasteiger partial charge in [0.15, 0.2) is 0 Å². The maximum absolute atomic E-state index is 12.4. The van der Waals surface area contributed by atoms with E-state index in [-0.39, 0.29) is 19.6 Å². The molecule has 2 unspecified atom stereocenters. The molecular weight excluding hydrogens is 203 g/mol. The van der Waals surface area contributed by atoms with Crippen LogP contribution in [0, 0.1) is 5.92 Å². The number of hydrogen-bond acceptors (Lipinski definition) is 3. The molecule has 0 aromatic heterocycles. The summed E-state index contributed by atoms with van der Waals surface area (Å²) >= 11 is 0. The van der Waals surface area contributed by atoms with Crippen molar-refractivity contribution in [3.05, 3.63) is 0 Å². The lowest BCUT2D eigenvalue weighted by molar-refractivity contribution is -0.213. The van der Waals surface area contributed by atoms with Crippen molar-refractivity contribution in [2.45, 2.75) is 18.1 Å². The summed E-state index contributed by atoms with van der Waals surface area (Å²) in [6, 6.07) is 0. The van der Waals surface area contributed by atoms with Crippen LogP contribution in [0.25, 0.3) is 0 Å². The fourth-order valence-electron chi connectivity index (χ4n) is 1.42. The van der Waals surface area contributed by atoms with E-state index in [1.807, 2.05) is 0 Å². The average Bonchev–Trinajstić information content (AvgIpc) is 2.52. The maximum Gasteiger partial charge on any atom is 0.417 e. The first-order valence-electron chi connectivity index (χ1n) is 3.97. The van der Waals surface area contributed by atoms with Crippen LogP contribution in [0.1, 0.15) is 6.42 Å². The van der Waals surface area contributed by atoms with E-state index in [9.17, 15) is 18.0 Å². The number of rotatable bonds is 2. The molecule has 14 heavy (non-hydrogen) atoms. The monoisotopic (exact) mass is 213 g/mol. The fraction of sp³-hybridized carbons (Fsp3) is 0.857. The Labute approximate surface area is 77.8 Å². The molecule has 0 spiro atoms. The number of nitrogens with two attached hydrogens (primary N) is 1. The molecule has 0 aromatic rings. The zero-order valence-corrected chi connectivity index (χ0v) is 7.17. The highest BCUT2D eigenvalue weighted by molar-refractivity contribution is 5.80. The normalized spacial score (nSPS) is 27.3. The minimum absolute atomic E-state index is 0.0162. The summed E-state index contributed by atoms with van der Waals surface area (Å²) in [6.07, 6.45) is -4.94. The summed E-state index contributed by atoms with van der Waals surface area (Å²) in [5.41, 5.74) is 1.73. The van der Waals surface area contributed by atoms with Crippen LogP contribution in [0.2, 0.25) is 0 Å². The molecule has 1 aliphatic rings. The second-order valence-corrected chi connectivity index (χ2v) is 3.23. The van der Waals surface area contributed by atoms with Crippen LogP contribution in [0.3, 0.4) is 0 Å². The van der Waals surface area contributed by atoms with Gasteiger partial charge in [0.05, 0.1) is 6.61 Å². The molecule has 1 saturated heterocycles. The molecule has 1 heterocycles. The third-order valence-corrected chi connectivity index (χ3v) is 2.40. The summed E-state index contributed by atoms with van der Waals surface area (Å²) in [6.45, 7) is -0.144. The van der Waals surface area contributed by atoms with Crippen molar-refractivity contribution < 1.29 is 27.8 Å². The first kappa shape index (κ1) is 11.3. The van der Waals surface area contributed by atoms with Crippen molar-refractivity contribution in [1.82, 2.24) is 0 Å². The second-order valence-electron chi connectivity index (χ2n) is 3.23. The smallest absolute Gasteiger partial charge is 0.417 e. The molecule has 0 amide bonds. The number of hydrogen-bond donors (Lipinski definition) is 2. The summed E-state index contributed by atoms with van der Waals surface area (Å²) in [4.78, 5) is 10.6. The van der Waals surface area contributed by atoms with Gasteiger partial charge in [0.2, 0.25) is 5.54 Å². The quantitative estimate of drug-likeness (QED) is 0.695. The van der Waals surface area contributed by atoms with Gasteiger partial charge in [-0.15, -0.1) is 0 Å². The number of carboxylic acid groups (broad SMARTS) is 1. The van der Waals surface area contributed by atoms with Gasteiger partial charge in [-0.1, -0.05) is 0 Å². The molecule has 2 atom stereocenters. The van der Waals surface area contributed by atoms with Gasteiger partial charge < -0.3 is 15.6 Å². The second kappa shape index (κ2) is 3.39. The van der Waals surface area contributed by atoms with Crippen molar-refractivity contribution >= 4 is 5.97 Å². The zero-order chi connectivity index (χ0) is 11.0. The van der Waals surface area contributed by atoms with Crippen LogP contribution in [0.15, 0.2) is 0 Å². The van der Waals surface area contributed by atoms with Crippen LogP contribution in [0.5, 0.6) is 0 Å². The highest BCUT2D eigenvalue weighted by Crippen LogP contribution is 2.38. The van der Waals surface area contributed by atoms with Gasteiger partial charge in [-0.2, -0.15) is 13.2 Å². The van der Waals surface area contributed by atoms with E-state index in [4.69, 9.17) is 15.6 Å². The molecule has 82 valence electrons. The van der Waals surface area contributed by atoms with Gasteiger partial charge >= 0.3 is 12.1 Å². The largest absolute Gasteiger partial charge is 0.480 e. The van der Waals surface area contributed by atoms with Gasteiger partial charge in [0.1, 0.15) is 0 Å². The Morgan fingerprint density at radius 2 is 2.07 bits per heavy atom. The van der Waals surface area contributed by atoms with Crippen molar-refractivity contribution in [3.63, 3.8) is 0 Å². The van der Waals surface area contributed by atoms with Crippen LogP contribution in [-0.2, 0) is 9.53 Å². The average molecular weight is 213 g/mol. The Bertz CT molecular complexity index is 237. The molecule has 3 N–H and O–H groups in total. The molecule has 1 rings (SSSR count). The highest BCUT2D eigenvalue weighted by atomic mass is 19.4. The van der Waals surface area contributed by atoms with Gasteiger partial charge in [-0.25, -0.2) is 4.79 Å². The van der Waals surface area contributed by atoms with Gasteiger partial charge in [-0.05, 0) is 6.42 Å². The SMILES string of the molecule is NC(C(=O)O)(C1CCOC1)C(F)(F)F. The van der Waals surface area contributed by atoms with Gasteiger partial charge in [0.25, 0.3) is 0 Å². The topological polar surface area (TPSA) is 72.6 Å². The Balaban J connectivity index is 2.97. The predicted octanol–water partition coefficient (Wildman–Crippen LogP) is 0.367. The fourth-order valence-corrected chi connectivity index (χ4v) is 1.42. The summed E-state index contributed by atoms with van der Waals surface area (Å²) < 4.78 is 42.0. The number of alkyl halides is 3. The van der Waals surface area contributed by atoms with Crippen LogP contribution in [-0.4, -0.2) is 36.0 Å². The van der Waals surface area contributed by atoms with Crippen molar-refractivity contribution in [2.24, 2.45) is 11.7 Å².